The number of hydrogen-bond acceptors (Lipinski definition) is 3. The second kappa shape index (κ2) is 8.27. The summed E-state index contributed by atoms with van der Waals surface area (Å²) in [7, 11) is 0. The smallest absolute Gasteiger partial charge is 0.222 e. The van der Waals surface area contributed by atoms with Gasteiger partial charge in [0.05, 0.1) is 0 Å². The van der Waals surface area contributed by atoms with Crippen molar-refractivity contribution in [3.63, 3.8) is 0 Å². The molecule has 0 bridgehead atoms. The van der Waals surface area contributed by atoms with E-state index in [0.29, 0.717) is 12.3 Å². The summed E-state index contributed by atoms with van der Waals surface area (Å²) in [5.41, 5.74) is 4.50. The molecule has 1 amide bonds. The number of pyridine rings is 1. The van der Waals surface area contributed by atoms with Gasteiger partial charge in [0.2, 0.25) is 5.91 Å². The predicted octanol–water partition coefficient (Wildman–Crippen LogP) is 4.73. The fraction of sp³-hybridized carbons (Fsp3) is 0.417. The van der Waals surface area contributed by atoms with Gasteiger partial charge in [0, 0.05) is 56.0 Å². The van der Waals surface area contributed by atoms with Crippen LogP contribution < -0.4 is 4.74 Å². The summed E-state index contributed by atoms with van der Waals surface area (Å²) in [5, 5.41) is 0. The maximum atomic E-state index is 12.2. The van der Waals surface area contributed by atoms with E-state index in [1.54, 1.807) is 0 Å². The number of carbonyl (C=O) groups excluding carboxylic acids is 1. The Hall–Kier alpha value is -2.82. The maximum absolute atomic E-state index is 12.2. The molecule has 3 heterocycles. The highest BCUT2D eigenvalue weighted by Crippen LogP contribution is 2.27. The van der Waals surface area contributed by atoms with Crippen molar-refractivity contribution in [2.45, 2.75) is 46.1 Å². The Morgan fingerprint density at radius 3 is 2.55 bits per heavy atom. The largest absolute Gasteiger partial charge is 0.490 e. The van der Waals surface area contributed by atoms with E-state index in [0.717, 1.165) is 37.3 Å². The standard InChI is InChI=1S/C24H29N3O2/c1-17(2)16-24(28)26-13-10-21(11-14-26)29-20-6-4-19(5-7-20)22-8-9-23-25-12-15-27(23)18(22)3/h4-9,12,15,17,21H,10-11,13-14,16H2,1-3H3. The van der Waals surface area contributed by atoms with Crippen LogP contribution in [0.2, 0.25) is 0 Å². The van der Waals surface area contributed by atoms with Crippen LogP contribution in [0.15, 0.2) is 48.8 Å². The lowest BCUT2D eigenvalue weighted by Crippen LogP contribution is -2.42. The summed E-state index contributed by atoms with van der Waals surface area (Å²) in [6.45, 7) is 7.87. The number of hydrogen-bond donors (Lipinski definition) is 0. The van der Waals surface area contributed by atoms with Gasteiger partial charge in [-0.2, -0.15) is 0 Å². The van der Waals surface area contributed by atoms with Gasteiger partial charge in [-0.3, -0.25) is 4.79 Å². The number of aromatic nitrogens is 2. The average Bonchev–Trinajstić information content (AvgIpc) is 3.19. The minimum atomic E-state index is 0.174. The molecule has 0 N–H and O–H groups in total. The molecule has 1 aromatic carbocycles. The van der Waals surface area contributed by atoms with Crippen molar-refractivity contribution in [3.05, 3.63) is 54.5 Å². The van der Waals surface area contributed by atoms with E-state index in [-0.39, 0.29) is 12.0 Å². The molecule has 0 atom stereocenters. The van der Waals surface area contributed by atoms with Gasteiger partial charge in [-0.25, -0.2) is 4.98 Å². The Labute approximate surface area is 172 Å². The molecule has 0 aliphatic carbocycles. The first kappa shape index (κ1) is 19.5. The number of nitrogens with zero attached hydrogens (tertiary/aromatic N) is 3. The number of imidazole rings is 1. The van der Waals surface area contributed by atoms with E-state index >= 15 is 0 Å². The molecule has 1 saturated heterocycles. The molecular formula is C24H29N3O2. The lowest BCUT2D eigenvalue weighted by atomic mass is 10.0. The molecule has 1 aliphatic rings. The van der Waals surface area contributed by atoms with Gasteiger partial charge in [-0.1, -0.05) is 26.0 Å². The molecule has 5 nitrogen and oxygen atoms in total. The summed E-state index contributed by atoms with van der Waals surface area (Å²) < 4.78 is 8.30. The molecule has 1 fully saturated rings. The van der Waals surface area contributed by atoms with Gasteiger partial charge in [-0.05, 0) is 42.7 Å². The molecule has 29 heavy (non-hydrogen) atoms. The lowest BCUT2D eigenvalue weighted by molar-refractivity contribution is -0.133. The van der Waals surface area contributed by atoms with E-state index in [2.05, 4.69) is 48.4 Å². The van der Waals surface area contributed by atoms with Crippen LogP contribution >= 0.6 is 0 Å². The number of likely N-dealkylation sites (tertiary alicyclic amines) is 1. The molecule has 4 rings (SSSR count). The predicted molar refractivity (Wildman–Crippen MR) is 115 cm³/mol. The Morgan fingerprint density at radius 2 is 1.86 bits per heavy atom. The maximum Gasteiger partial charge on any atom is 0.222 e. The SMILES string of the molecule is Cc1c(-c2ccc(OC3CCN(C(=O)CC(C)C)CC3)cc2)ccc2nccn12. The van der Waals surface area contributed by atoms with Crippen LogP contribution in [0.4, 0.5) is 0 Å². The highest BCUT2D eigenvalue weighted by molar-refractivity contribution is 5.76. The minimum absolute atomic E-state index is 0.174. The number of ether oxygens (including phenoxy) is 1. The zero-order chi connectivity index (χ0) is 20.4. The zero-order valence-electron chi connectivity index (χ0n) is 17.5. The Bertz CT molecular complexity index is 983. The van der Waals surface area contributed by atoms with Gasteiger partial charge >= 0.3 is 0 Å². The van der Waals surface area contributed by atoms with Crippen molar-refractivity contribution >= 4 is 11.6 Å². The van der Waals surface area contributed by atoms with Gasteiger partial charge in [0.15, 0.2) is 0 Å². The highest BCUT2D eigenvalue weighted by atomic mass is 16.5. The van der Waals surface area contributed by atoms with Crippen molar-refractivity contribution in [2.24, 2.45) is 5.92 Å². The first-order valence-corrected chi connectivity index (χ1v) is 10.5. The Morgan fingerprint density at radius 1 is 1.14 bits per heavy atom. The molecule has 152 valence electrons. The minimum Gasteiger partial charge on any atom is -0.490 e. The number of amides is 1. The van der Waals surface area contributed by atoms with E-state index in [1.807, 2.05) is 35.5 Å². The fourth-order valence-corrected chi connectivity index (χ4v) is 4.04. The Balaban J connectivity index is 1.38. The molecule has 5 heteroatoms. The second-order valence-electron chi connectivity index (χ2n) is 8.31. The molecule has 2 aromatic heterocycles. The molecule has 0 radical (unpaired) electrons. The quantitative estimate of drug-likeness (QED) is 0.632. The van der Waals surface area contributed by atoms with Crippen LogP contribution in [0.1, 0.15) is 38.8 Å². The second-order valence-corrected chi connectivity index (χ2v) is 8.31. The van der Waals surface area contributed by atoms with Gasteiger partial charge in [-0.15, -0.1) is 0 Å². The van der Waals surface area contributed by atoms with Crippen molar-refractivity contribution in [1.82, 2.24) is 14.3 Å². The number of fused-ring (bicyclic) bond motifs is 1. The monoisotopic (exact) mass is 391 g/mol. The normalized spacial score (nSPS) is 15.2. The third-order valence-electron chi connectivity index (χ3n) is 5.67. The molecule has 3 aromatic rings. The van der Waals surface area contributed by atoms with E-state index in [1.165, 1.54) is 16.8 Å². The van der Waals surface area contributed by atoms with Crippen LogP contribution in [0, 0.1) is 12.8 Å². The summed E-state index contributed by atoms with van der Waals surface area (Å²) >= 11 is 0. The number of aryl methyl sites for hydroxylation is 1. The summed E-state index contributed by atoms with van der Waals surface area (Å²) in [6, 6.07) is 12.5. The topological polar surface area (TPSA) is 46.8 Å². The third kappa shape index (κ3) is 4.29. The molecule has 0 unspecified atom stereocenters. The van der Waals surface area contributed by atoms with Crippen LogP contribution in [-0.2, 0) is 4.79 Å². The molecule has 0 saturated carbocycles. The van der Waals surface area contributed by atoms with Crippen LogP contribution in [-0.4, -0.2) is 39.4 Å². The van der Waals surface area contributed by atoms with Crippen LogP contribution in [0.5, 0.6) is 5.75 Å². The average molecular weight is 392 g/mol. The Kier molecular flexibility index (Phi) is 5.56. The van der Waals surface area contributed by atoms with Gasteiger partial charge in [0.1, 0.15) is 17.5 Å². The number of piperidine rings is 1. The number of rotatable bonds is 5. The number of benzene rings is 1. The van der Waals surface area contributed by atoms with Gasteiger partial charge < -0.3 is 14.0 Å². The highest BCUT2D eigenvalue weighted by Gasteiger charge is 2.24. The summed E-state index contributed by atoms with van der Waals surface area (Å²) in [4.78, 5) is 18.5. The lowest BCUT2D eigenvalue weighted by Gasteiger charge is -2.32. The molecule has 1 aliphatic heterocycles. The molecular weight excluding hydrogens is 362 g/mol. The number of carbonyl (C=O) groups is 1. The van der Waals surface area contributed by atoms with Crippen molar-refractivity contribution in [1.29, 1.82) is 0 Å². The van der Waals surface area contributed by atoms with Crippen LogP contribution in [0.25, 0.3) is 16.8 Å². The van der Waals surface area contributed by atoms with Crippen molar-refractivity contribution in [2.75, 3.05) is 13.1 Å². The van der Waals surface area contributed by atoms with E-state index in [9.17, 15) is 4.79 Å². The fourth-order valence-electron chi connectivity index (χ4n) is 4.04. The van der Waals surface area contributed by atoms with E-state index < -0.39 is 0 Å². The third-order valence-corrected chi connectivity index (χ3v) is 5.67. The first-order chi connectivity index (χ1) is 14.0. The first-order valence-electron chi connectivity index (χ1n) is 10.5. The molecule has 0 spiro atoms. The van der Waals surface area contributed by atoms with Gasteiger partial charge in [0.25, 0.3) is 0 Å². The van der Waals surface area contributed by atoms with E-state index in [4.69, 9.17) is 4.74 Å². The summed E-state index contributed by atoms with van der Waals surface area (Å²) in [5.74, 6) is 1.57. The van der Waals surface area contributed by atoms with Crippen molar-refractivity contribution < 1.29 is 9.53 Å². The summed E-state index contributed by atoms with van der Waals surface area (Å²) in [6.07, 6.45) is 6.41. The zero-order valence-corrected chi connectivity index (χ0v) is 17.5. The van der Waals surface area contributed by atoms with Crippen LogP contribution in [0.3, 0.4) is 0 Å². The van der Waals surface area contributed by atoms with Crippen molar-refractivity contribution in [3.8, 4) is 16.9 Å².